The summed E-state index contributed by atoms with van der Waals surface area (Å²) in [6.07, 6.45) is 16.3. The molecule has 0 N–H and O–H groups in total. The number of amides is 2. The van der Waals surface area contributed by atoms with Gasteiger partial charge >= 0.3 is 0 Å². The summed E-state index contributed by atoms with van der Waals surface area (Å²) in [6.45, 7) is 17.7. The summed E-state index contributed by atoms with van der Waals surface area (Å²) < 4.78 is 0. The number of ketones is 3. The number of carbonyl (C=O) groups excluding carboxylic acids is 5. The van der Waals surface area contributed by atoms with Gasteiger partial charge in [0.1, 0.15) is 5.60 Å². The van der Waals surface area contributed by atoms with Crippen molar-refractivity contribution in [2.24, 2.45) is 36.1 Å². The van der Waals surface area contributed by atoms with Crippen LogP contribution in [0.1, 0.15) is 215 Å². The molecule has 0 aromatic heterocycles. The van der Waals surface area contributed by atoms with E-state index in [1.54, 1.807) is 31.2 Å². The first-order valence-electron chi connectivity index (χ1n) is 33.7. The zero-order valence-corrected chi connectivity index (χ0v) is 56.2. The van der Waals surface area contributed by atoms with Crippen molar-refractivity contribution in [1.29, 1.82) is 0 Å². The number of carbonyl (C=O) groups is 5. The van der Waals surface area contributed by atoms with E-state index in [0.717, 1.165) is 103 Å². The number of oxime groups is 7. The zero-order valence-electron chi connectivity index (χ0n) is 56.2. The lowest BCUT2D eigenvalue weighted by atomic mass is 9.91. The predicted octanol–water partition coefficient (Wildman–Crippen LogP) is 14.0. The minimum atomic E-state index is -1.40. The number of imide groups is 1. The van der Waals surface area contributed by atoms with Crippen molar-refractivity contribution in [3.63, 3.8) is 0 Å². The maximum absolute atomic E-state index is 12.2. The normalized spacial score (nSPS) is 26.1. The molecule has 2 amide bonds. The summed E-state index contributed by atoms with van der Waals surface area (Å²) in [5, 5.41) is 27.6. The van der Waals surface area contributed by atoms with Gasteiger partial charge in [0, 0.05) is 111 Å². The van der Waals surface area contributed by atoms with E-state index in [9.17, 15) is 24.0 Å². The molecule has 0 bridgehead atoms. The highest BCUT2D eigenvalue weighted by Gasteiger charge is 2.59. The summed E-state index contributed by atoms with van der Waals surface area (Å²) in [6, 6.07) is 40.0. The van der Waals surface area contributed by atoms with Gasteiger partial charge in [-0.2, -0.15) is 0 Å². The fourth-order valence-corrected chi connectivity index (χ4v) is 15.9. The number of likely N-dealkylation sites (tertiary alicyclic amines) is 1. The fraction of sp³-hybridized carbons (Fsp3) is 0.429. The van der Waals surface area contributed by atoms with Crippen LogP contribution in [-0.2, 0) is 80.3 Å². The largest absolute Gasteiger partial charge is 0.389 e. The van der Waals surface area contributed by atoms with Crippen molar-refractivity contribution in [1.82, 2.24) is 4.90 Å². The lowest BCUT2D eigenvalue weighted by molar-refractivity contribution is -0.151. The first kappa shape index (κ1) is 65.9. The monoisotopic (exact) mass is 1310 g/mol. The molecule has 14 aliphatic rings. The van der Waals surface area contributed by atoms with E-state index in [0.29, 0.717) is 48.9 Å². The Morgan fingerprint density at radius 3 is 1.33 bits per heavy atom. The Morgan fingerprint density at radius 2 is 0.825 bits per heavy atom. The van der Waals surface area contributed by atoms with Gasteiger partial charge in [-0.05, 0) is 120 Å². The lowest BCUT2D eigenvalue weighted by Gasteiger charge is -2.21. The third kappa shape index (κ3) is 12.9. The second-order valence-corrected chi connectivity index (χ2v) is 28.2. The summed E-state index contributed by atoms with van der Waals surface area (Å²) in [7, 11) is 0. The molecular weight excluding hydrogens is 1230 g/mol. The highest BCUT2D eigenvalue weighted by atomic mass is 16.7. The van der Waals surface area contributed by atoms with Crippen molar-refractivity contribution in [2.45, 2.75) is 210 Å². The van der Waals surface area contributed by atoms with Crippen molar-refractivity contribution < 1.29 is 57.8 Å². The minimum Gasteiger partial charge on any atom is -0.389 e. The van der Waals surface area contributed by atoms with E-state index < -0.39 is 17.4 Å². The number of rotatable bonds is 1. The molecule has 0 radical (unpaired) electrons. The molecule has 2 unspecified atom stereocenters. The van der Waals surface area contributed by atoms with Gasteiger partial charge in [0.15, 0.2) is 16.8 Å². The molecule has 6 aliphatic carbocycles. The Morgan fingerprint density at radius 1 is 0.371 bits per heavy atom. The number of nitrogens with zero attached hydrogens (tertiary/aromatic N) is 8. The highest BCUT2D eigenvalue weighted by molar-refractivity contribution is 6.33. The van der Waals surface area contributed by atoms with Crippen molar-refractivity contribution >= 4 is 74.7 Å². The van der Waals surface area contributed by atoms with Crippen LogP contribution in [0.15, 0.2) is 164 Å². The Hall–Kier alpha value is -9.72. The Kier molecular flexibility index (Phi) is 17.9. The number of Topliss-reactive ketones (excluding diaryl/α,β-unsaturated/α-hetero) is 3. The third-order valence-corrected chi connectivity index (χ3v) is 20.3. The van der Waals surface area contributed by atoms with Crippen LogP contribution in [0.5, 0.6) is 0 Å². The van der Waals surface area contributed by atoms with E-state index in [1.807, 2.05) is 71.9 Å². The van der Waals surface area contributed by atoms with Gasteiger partial charge in [0.2, 0.25) is 41.0 Å². The standard InChI is InChI=1S/C13H13NO.C12H9NO3.C12H11NO2.2C12H13NO.C8H10N2O3.C8H13NO/c1-9-7-13(8-10(2)14-15-13)12-6-4-3-5-11(9)12;1-7-6-12(16-13-7)10(14)8-4-2-3-5-9(8)11(12)15;1-8-6-12(15-13-8)7-9-4-2-3-5-10(9)11(12)14;1-9-6-12(14-13-9)7-10-4-2-3-5-11(10)8-12;1-9-8-12(14-13-9)7-6-10-4-2-3-5-11(10)12;1-5-4-8(13-9-5)10-6(11)2-3-7(10)12;1-7-6-8(10-9-7)4-2-3-5-8/h3-6H,1,7-8H2,2H3;2-5H,6H2,1H3;2-5H,6-7H2,1H3;2*2-5H,6-8H2,1H3;8H,2-4H2,1H3;2-6H2,1H3/t13-;;;;12-;;/m1...1../s1. The Balaban J connectivity index is 0.000000102. The molecule has 1 saturated heterocycles. The molecule has 97 heavy (non-hydrogen) atoms. The molecule has 1 saturated carbocycles. The molecule has 5 aromatic rings. The molecule has 19 rings (SSSR count). The quantitative estimate of drug-likeness (QED) is 0.112. The fourth-order valence-electron chi connectivity index (χ4n) is 15.9. The van der Waals surface area contributed by atoms with Crippen LogP contribution in [0.4, 0.5) is 0 Å². The molecule has 20 nitrogen and oxygen atoms in total. The predicted molar refractivity (Wildman–Crippen MR) is 368 cm³/mol. The average molecular weight is 1310 g/mol. The molecule has 8 aliphatic heterocycles. The lowest BCUT2D eigenvalue weighted by Crippen LogP contribution is -2.41. The van der Waals surface area contributed by atoms with Gasteiger partial charge in [-0.15, -0.1) is 0 Å². The summed E-state index contributed by atoms with van der Waals surface area (Å²) in [5.74, 6) is -0.763. The molecule has 5 aromatic carbocycles. The van der Waals surface area contributed by atoms with E-state index in [1.165, 1.54) is 69.7 Å². The number of fused-ring (bicyclic) bond motifs is 7. The van der Waals surface area contributed by atoms with Crippen LogP contribution in [-0.4, -0.2) is 103 Å². The Bertz CT molecular complexity index is 4190. The maximum atomic E-state index is 12.2. The number of hydrogen-bond donors (Lipinski definition) is 0. The van der Waals surface area contributed by atoms with Gasteiger partial charge in [-0.3, -0.25) is 24.0 Å². The summed E-state index contributed by atoms with van der Waals surface area (Å²) in [4.78, 5) is 97.8. The maximum Gasteiger partial charge on any atom is 0.266 e. The van der Waals surface area contributed by atoms with E-state index in [-0.39, 0.29) is 58.0 Å². The molecule has 4 atom stereocenters. The van der Waals surface area contributed by atoms with Crippen molar-refractivity contribution in [2.75, 3.05) is 0 Å². The summed E-state index contributed by atoms with van der Waals surface area (Å²) >= 11 is 0. The van der Waals surface area contributed by atoms with Crippen LogP contribution >= 0.6 is 0 Å². The summed E-state index contributed by atoms with van der Waals surface area (Å²) in [5.41, 5.74) is 16.6. The topological polar surface area (TPSA) is 240 Å². The third-order valence-electron chi connectivity index (χ3n) is 20.3. The van der Waals surface area contributed by atoms with Crippen LogP contribution in [0.3, 0.4) is 0 Å². The van der Waals surface area contributed by atoms with Crippen LogP contribution < -0.4 is 0 Å². The van der Waals surface area contributed by atoms with Gasteiger partial charge in [0.25, 0.3) is 5.60 Å². The van der Waals surface area contributed by atoms with Crippen molar-refractivity contribution in [3.05, 3.63) is 184 Å². The molecule has 2 fully saturated rings. The molecule has 6 spiro atoms. The minimum absolute atomic E-state index is 0.0340. The molecule has 20 heteroatoms. The second-order valence-electron chi connectivity index (χ2n) is 28.2. The molecular formula is C77H82N8O12. The van der Waals surface area contributed by atoms with Gasteiger partial charge in [-0.1, -0.05) is 164 Å². The first-order chi connectivity index (χ1) is 46.6. The van der Waals surface area contributed by atoms with Gasteiger partial charge < -0.3 is 33.9 Å². The van der Waals surface area contributed by atoms with E-state index in [2.05, 4.69) is 109 Å². The van der Waals surface area contributed by atoms with E-state index >= 15 is 0 Å². The van der Waals surface area contributed by atoms with E-state index in [4.69, 9.17) is 33.9 Å². The van der Waals surface area contributed by atoms with Crippen LogP contribution in [0.2, 0.25) is 0 Å². The number of aryl methyl sites for hydroxylation is 1. The smallest absolute Gasteiger partial charge is 0.266 e. The van der Waals surface area contributed by atoms with Gasteiger partial charge in [-0.25, -0.2) is 4.90 Å². The molecule has 8 heterocycles. The first-order valence-corrected chi connectivity index (χ1v) is 33.7. The zero-order chi connectivity index (χ0) is 67.9. The highest BCUT2D eigenvalue weighted by Crippen LogP contribution is 2.51. The number of hydrogen-bond acceptors (Lipinski definition) is 19. The van der Waals surface area contributed by atoms with Gasteiger partial charge in [0.05, 0.1) is 40.0 Å². The SMILES string of the molecule is C=C1C[C@@]2(CC(C)=NO2)c2ccccc21.CC1=NOC(N2C(=O)CCC2=O)C1.CC1=NOC2(C1)C(=O)c1ccccc1C2=O.CC1=NOC2(C1)Cc1ccccc1C2.CC1=NOC2(C1)Cc1ccccc1C2=O.CC1=NOC2(CCCC2)C1.CC1=NO[C@]2(CCc3ccccc32)C1. The van der Waals surface area contributed by atoms with Crippen LogP contribution in [0.25, 0.3) is 5.57 Å². The number of benzene rings is 5. The second kappa shape index (κ2) is 26.4. The van der Waals surface area contributed by atoms with Crippen molar-refractivity contribution in [3.8, 4) is 0 Å². The molecule has 502 valence electrons. The Labute approximate surface area is 564 Å². The average Bonchev–Trinajstić information content (AvgIpc) is 1.50. The van der Waals surface area contributed by atoms with Crippen LogP contribution in [0, 0.1) is 0 Å².